The van der Waals surface area contributed by atoms with Gasteiger partial charge < -0.3 is 14.6 Å². The maximum absolute atomic E-state index is 11.8. The van der Waals surface area contributed by atoms with Gasteiger partial charge in [-0.1, -0.05) is 18.2 Å². The molecule has 1 heterocycles. The molecule has 0 spiro atoms. The summed E-state index contributed by atoms with van der Waals surface area (Å²) in [5.74, 6) is -1.31. The van der Waals surface area contributed by atoms with Gasteiger partial charge in [-0.3, -0.25) is 4.79 Å². The van der Waals surface area contributed by atoms with Gasteiger partial charge in [0.25, 0.3) is 0 Å². The highest BCUT2D eigenvalue weighted by Crippen LogP contribution is 2.34. The molecule has 2 aliphatic rings. The largest absolute Gasteiger partial charge is 0.458 e. The fraction of sp³-hybridized carbons (Fsp3) is 0.529. The molecule has 22 heavy (non-hydrogen) atoms. The minimum Gasteiger partial charge on any atom is -0.458 e. The van der Waals surface area contributed by atoms with Crippen LogP contribution in [0.5, 0.6) is 0 Å². The van der Waals surface area contributed by atoms with Crippen molar-refractivity contribution in [3.63, 3.8) is 0 Å². The predicted octanol–water partition coefficient (Wildman–Crippen LogP) is 2.06. The first-order valence-electron chi connectivity index (χ1n) is 7.38. The third-order valence-corrected chi connectivity index (χ3v) is 4.13. The number of esters is 2. The molecule has 1 aliphatic carbocycles. The van der Waals surface area contributed by atoms with Gasteiger partial charge in [0.2, 0.25) is 0 Å². The summed E-state index contributed by atoms with van der Waals surface area (Å²) in [5.41, 5.74) is 2.06. The summed E-state index contributed by atoms with van der Waals surface area (Å²) in [6.07, 6.45) is 2.98. The lowest BCUT2D eigenvalue weighted by atomic mass is 9.85. The molecule has 0 saturated carbocycles. The van der Waals surface area contributed by atoms with Crippen LogP contribution in [0.25, 0.3) is 0 Å². The Bertz CT molecular complexity index is 557. The molecule has 2 rings (SSSR count). The molecule has 5 heteroatoms. The van der Waals surface area contributed by atoms with Gasteiger partial charge in [-0.05, 0) is 31.9 Å². The van der Waals surface area contributed by atoms with Crippen LogP contribution in [0.1, 0.15) is 33.6 Å². The van der Waals surface area contributed by atoms with Crippen LogP contribution < -0.4 is 0 Å². The summed E-state index contributed by atoms with van der Waals surface area (Å²) in [5, 5.41) is 10.4. The molecule has 0 aromatic heterocycles. The van der Waals surface area contributed by atoms with E-state index in [4.69, 9.17) is 9.47 Å². The SMILES string of the molecule is C=C1C(=O)O[C@H]2/C=C(/C)[C@@H](OC(C)=O)C/C=C(/C)C[C@@H](O)[C@@H]12. The van der Waals surface area contributed by atoms with E-state index in [9.17, 15) is 14.7 Å². The second kappa shape index (κ2) is 6.48. The topological polar surface area (TPSA) is 72.8 Å². The molecule has 4 atom stereocenters. The number of ether oxygens (including phenoxy) is 2. The number of carbonyl (C=O) groups excluding carboxylic acids is 2. The standard InChI is InChI=1S/C17H22O5/c1-9-5-6-14(21-12(4)18)10(2)8-15-16(13(19)7-9)11(3)17(20)22-15/h5,8,13-16,19H,3,6-7H2,1-2,4H3/b9-5-,10-8-/t13-,14+,15+,16-/m1/s1. The molecular weight excluding hydrogens is 284 g/mol. The monoisotopic (exact) mass is 306 g/mol. The van der Waals surface area contributed by atoms with Gasteiger partial charge in [-0.25, -0.2) is 4.79 Å². The molecule has 0 amide bonds. The van der Waals surface area contributed by atoms with Crippen molar-refractivity contribution >= 4 is 11.9 Å². The number of carbonyl (C=O) groups is 2. The smallest absolute Gasteiger partial charge is 0.334 e. The number of aliphatic hydroxyl groups is 1. The average Bonchev–Trinajstić information content (AvgIpc) is 2.68. The Labute approximate surface area is 130 Å². The van der Waals surface area contributed by atoms with Gasteiger partial charge in [-0.15, -0.1) is 0 Å². The van der Waals surface area contributed by atoms with E-state index in [0.717, 1.165) is 11.1 Å². The van der Waals surface area contributed by atoms with Gasteiger partial charge in [0, 0.05) is 18.9 Å². The van der Waals surface area contributed by atoms with E-state index in [2.05, 4.69) is 6.58 Å². The Morgan fingerprint density at radius 2 is 2.14 bits per heavy atom. The van der Waals surface area contributed by atoms with Crippen LogP contribution in [0.3, 0.4) is 0 Å². The third-order valence-electron chi connectivity index (χ3n) is 4.13. The molecule has 1 fully saturated rings. The summed E-state index contributed by atoms with van der Waals surface area (Å²) in [6, 6.07) is 0. The Morgan fingerprint density at radius 1 is 1.45 bits per heavy atom. The van der Waals surface area contributed by atoms with Crippen LogP contribution in [0.15, 0.2) is 35.5 Å². The first-order valence-corrected chi connectivity index (χ1v) is 7.38. The summed E-state index contributed by atoms with van der Waals surface area (Å²) < 4.78 is 10.6. The Balaban J connectivity index is 2.37. The highest BCUT2D eigenvalue weighted by Gasteiger charge is 2.42. The van der Waals surface area contributed by atoms with E-state index in [1.165, 1.54) is 6.92 Å². The lowest BCUT2D eigenvalue weighted by Gasteiger charge is -2.25. The first-order chi connectivity index (χ1) is 10.3. The summed E-state index contributed by atoms with van der Waals surface area (Å²) in [6.45, 7) is 8.85. The third kappa shape index (κ3) is 3.47. The van der Waals surface area contributed by atoms with E-state index in [1.54, 1.807) is 6.08 Å². The average molecular weight is 306 g/mol. The van der Waals surface area contributed by atoms with Crippen molar-refractivity contribution in [2.24, 2.45) is 5.92 Å². The predicted molar refractivity (Wildman–Crippen MR) is 80.8 cm³/mol. The van der Waals surface area contributed by atoms with Crippen molar-refractivity contribution in [3.05, 3.63) is 35.5 Å². The minimum atomic E-state index is -0.727. The summed E-state index contributed by atoms with van der Waals surface area (Å²) >= 11 is 0. The number of hydrogen-bond donors (Lipinski definition) is 1. The van der Waals surface area contributed by atoms with Crippen molar-refractivity contribution in [1.29, 1.82) is 0 Å². The molecule has 1 saturated heterocycles. The Hall–Kier alpha value is -1.88. The van der Waals surface area contributed by atoms with Crippen LogP contribution in [0.4, 0.5) is 0 Å². The fourth-order valence-electron chi connectivity index (χ4n) is 2.94. The number of hydrogen-bond acceptors (Lipinski definition) is 5. The zero-order chi connectivity index (χ0) is 16.4. The van der Waals surface area contributed by atoms with E-state index < -0.39 is 30.2 Å². The molecule has 0 unspecified atom stereocenters. The number of rotatable bonds is 1. The van der Waals surface area contributed by atoms with Crippen LogP contribution in [-0.2, 0) is 19.1 Å². The van der Waals surface area contributed by atoms with Crippen LogP contribution in [0.2, 0.25) is 0 Å². The number of aliphatic hydroxyl groups excluding tert-OH is 1. The summed E-state index contributed by atoms with van der Waals surface area (Å²) in [4.78, 5) is 23.0. The maximum atomic E-state index is 11.8. The van der Waals surface area contributed by atoms with E-state index >= 15 is 0 Å². The first kappa shape index (κ1) is 16.5. The molecular formula is C17H22O5. The lowest BCUT2D eigenvalue weighted by molar-refractivity contribution is -0.144. The molecule has 1 aliphatic heterocycles. The molecule has 0 bridgehead atoms. The minimum absolute atomic E-state index is 0.291. The van der Waals surface area contributed by atoms with E-state index in [1.807, 2.05) is 19.9 Å². The molecule has 120 valence electrons. The van der Waals surface area contributed by atoms with Crippen LogP contribution >= 0.6 is 0 Å². The maximum Gasteiger partial charge on any atom is 0.334 e. The van der Waals surface area contributed by atoms with Crippen molar-refractivity contribution in [2.75, 3.05) is 0 Å². The highest BCUT2D eigenvalue weighted by molar-refractivity contribution is 5.91. The van der Waals surface area contributed by atoms with Gasteiger partial charge >= 0.3 is 11.9 Å². The molecule has 0 aromatic carbocycles. The Morgan fingerprint density at radius 3 is 2.77 bits per heavy atom. The zero-order valence-corrected chi connectivity index (χ0v) is 13.2. The number of fused-ring (bicyclic) bond motifs is 1. The van der Waals surface area contributed by atoms with Crippen LogP contribution in [0, 0.1) is 5.92 Å². The quantitative estimate of drug-likeness (QED) is 0.456. The molecule has 5 nitrogen and oxygen atoms in total. The van der Waals surface area contributed by atoms with Gasteiger partial charge in [0.15, 0.2) is 0 Å². The Kier molecular flexibility index (Phi) is 4.86. The lowest BCUT2D eigenvalue weighted by Crippen LogP contribution is -2.30. The molecule has 0 radical (unpaired) electrons. The molecule has 0 aromatic rings. The van der Waals surface area contributed by atoms with Gasteiger partial charge in [-0.2, -0.15) is 0 Å². The van der Waals surface area contributed by atoms with Crippen molar-refractivity contribution in [2.45, 2.75) is 51.9 Å². The normalized spacial score (nSPS) is 37.3. The summed E-state index contributed by atoms with van der Waals surface area (Å²) in [7, 11) is 0. The fourth-order valence-corrected chi connectivity index (χ4v) is 2.94. The second-order valence-corrected chi connectivity index (χ2v) is 5.99. The highest BCUT2D eigenvalue weighted by atomic mass is 16.6. The van der Waals surface area contributed by atoms with E-state index in [0.29, 0.717) is 18.4 Å². The van der Waals surface area contributed by atoms with Crippen molar-refractivity contribution < 1.29 is 24.2 Å². The van der Waals surface area contributed by atoms with Crippen molar-refractivity contribution in [1.82, 2.24) is 0 Å². The van der Waals surface area contributed by atoms with Crippen molar-refractivity contribution in [3.8, 4) is 0 Å². The molecule has 1 N–H and O–H groups in total. The van der Waals surface area contributed by atoms with Crippen LogP contribution in [-0.4, -0.2) is 35.4 Å². The zero-order valence-electron chi connectivity index (χ0n) is 13.2. The van der Waals surface area contributed by atoms with Gasteiger partial charge in [0.05, 0.1) is 12.0 Å². The van der Waals surface area contributed by atoms with Gasteiger partial charge in [0.1, 0.15) is 12.2 Å². The van der Waals surface area contributed by atoms with E-state index in [-0.39, 0.29) is 5.97 Å². The second-order valence-electron chi connectivity index (χ2n) is 5.99.